The Morgan fingerprint density at radius 3 is 2.36 bits per heavy atom. The summed E-state index contributed by atoms with van der Waals surface area (Å²) in [4.78, 5) is 34.2. The number of carbonyl (C=O) groups excluding carboxylic acids is 2. The molecule has 3 unspecified atom stereocenters. The van der Waals surface area contributed by atoms with E-state index in [-0.39, 0.29) is 29.7 Å². The molecule has 9 heteroatoms. The third-order valence-electron chi connectivity index (χ3n) is 10.9. The number of morpholine rings is 1. The van der Waals surface area contributed by atoms with Crippen molar-refractivity contribution in [3.8, 4) is 11.1 Å². The predicted octanol–water partition coefficient (Wildman–Crippen LogP) is 4.32. The summed E-state index contributed by atoms with van der Waals surface area (Å²) in [7, 11) is 0. The number of nitrogens with one attached hydrogen (secondary N) is 2. The fourth-order valence-corrected chi connectivity index (χ4v) is 8.13. The number of ether oxygens (including phenoxy) is 2. The first-order chi connectivity index (χ1) is 22.8. The van der Waals surface area contributed by atoms with Gasteiger partial charge < -0.3 is 25.0 Å². The molecule has 2 aromatic carbocycles. The molecule has 4 heterocycles. The second-order valence-electron chi connectivity index (χ2n) is 14.4. The van der Waals surface area contributed by atoms with Crippen molar-refractivity contribution >= 4 is 17.5 Å². The van der Waals surface area contributed by atoms with Crippen molar-refractivity contribution < 1.29 is 19.1 Å². The van der Waals surface area contributed by atoms with E-state index in [1.54, 1.807) is 0 Å². The summed E-state index contributed by atoms with van der Waals surface area (Å²) in [5, 5.41) is 6.21. The Balaban J connectivity index is 1.18. The maximum Gasteiger partial charge on any atom is 0.251 e. The summed E-state index contributed by atoms with van der Waals surface area (Å²) in [6.45, 7) is 19.4. The normalized spacial score (nSPS) is 24.9. The average molecular weight is 646 g/mol. The molecule has 47 heavy (non-hydrogen) atoms. The number of amides is 2. The molecule has 4 fully saturated rings. The molecule has 0 radical (unpaired) electrons. The fraction of sp³-hybridized carbons (Fsp3) is 0.632. The summed E-state index contributed by atoms with van der Waals surface area (Å²) < 4.78 is 11.2. The van der Waals surface area contributed by atoms with Gasteiger partial charge in [-0.05, 0) is 86.3 Å². The number of carbonyl (C=O) groups is 2. The first kappa shape index (κ1) is 33.9. The van der Waals surface area contributed by atoms with E-state index >= 15 is 0 Å². The zero-order valence-electron chi connectivity index (χ0n) is 28.9. The fourth-order valence-electron chi connectivity index (χ4n) is 8.13. The van der Waals surface area contributed by atoms with E-state index in [0.717, 1.165) is 113 Å². The Bertz CT molecular complexity index is 1360. The summed E-state index contributed by atoms with van der Waals surface area (Å²) in [6.07, 6.45) is 2.87. The van der Waals surface area contributed by atoms with Crippen LogP contribution in [0.15, 0.2) is 36.4 Å². The maximum atomic E-state index is 13.9. The molecule has 6 rings (SSSR count). The van der Waals surface area contributed by atoms with E-state index in [9.17, 15) is 9.59 Å². The van der Waals surface area contributed by atoms with Crippen molar-refractivity contribution in [1.29, 1.82) is 0 Å². The Morgan fingerprint density at radius 1 is 0.979 bits per heavy atom. The highest BCUT2D eigenvalue weighted by Gasteiger charge is 2.33. The highest BCUT2D eigenvalue weighted by atomic mass is 16.5. The molecule has 4 aliphatic rings. The van der Waals surface area contributed by atoms with Crippen LogP contribution in [0, 0.1) is 24.7 Å². The lowest BCUT2D eigenvalue weighted by Crippen LogP contribution is -2.52. The molecule has 256 valence electrons. The van der Waals surface area contributed by atoms with Crippen molar-refractivity contribution in [3.63, 3.8) is 0 Å². The van der Waals surface area contributed by atoms with Crippen molar-refractivity contribution in [2.24, 2.45) is 17.8 Å². The minimum absolute atomic E-state index is 0.0327. The summed E-state index contributed by atoms with van der Waals surface area (Å²) >= 11 is 0. The number of hydrogen-bond donors (Lipinski definition) is 2. The van der Waals surface area contributed by atoms with Gasteiger partial charge in [0.15, 0.2) is 0 Å². The van der Waals surface area contributed by atoms with Crippen LogP contribution in [-0.2, 0) is 20.8 Å². The zero-order valence-corrected chi connectivity index (χ0v) is 28.9. The van der Waals surface area contributed by atoms with Gasteiger partial charge in [0, 0.05) is 88.9 Å². The number of piperidine rings is 1. The van der Waals surface area contributed by atoms with E-state index in [1.165, 1.54) is 12.1 Å². The second-order valence-corrected chi connectivity index (χ2v) is 14.4. The molecule has 4 saturated heterocycles. The number of rotatable bonds is 11. The Morgan fingerprint density at radius 2 is 1.68 bits per heavy atom. The molecule has 0 spiro atoms. The van der Waals surface area contributed by atoms with Crippen LogP contribution in [0.3, 0.4) is 0 Å². The van der Waals surface area contributed by atoms with Gasteiger partial charge in [-0.3, -0.25) is 19.4 Å². The van der Waals surface area contributed by atoms with Crippen LogP contribution < -0.4 is 15.5 Å². The monoisotopic (exact) mass is 645 g/mol. The molecule has 2 aromatic rings. The van der Waals surface area contributed by atoms with Crippen LogP contribution in [0.25, 0.3) is 11.1 Å². The number of hydrogen-bond acceptors (Lipinski definition) is 7. The van der Waals surface area contributed by atoms with E-state index < -0.39 is 0 Å². The van der Waals surface area contributed by atoms with Crippen LogP contribution >= 0.6 is 0 Å². The van der Waals surface area contributed by atoms with E-state index in [1.807, 2.05) is 13.0 Å². The van der Waals surface area contributed by atoms with Crippen molar-refractivity contribution in [2.45, 2.75) is 65.6 Å². The minimum atomic E-state index is -0.221. The standard InChI is InChI=1S/C38H55N5O4/c1-5-43(33-10-14-46-15-11-33)36-20-32(19-34(28(36)4)37(44)39-21-35-26(2)18-27(3)40-38(35)45)31-8-6-29(7-9-31)22-42-24-30(25-42)23-41-12-16-47-17-13-41/h6-9,19-20,26-27,30,33,35H,5,10-18,21-25H2,1-4H3,(H,39,44)(H,40,45). The molecule has 0 aliphatic carbocycles. The molecule has 0 bridgehead atoms. The van der Waals surface area contributed by atoms with Crippen LogP contribution in [-0.4, -0.2) is 106 Å². The van der Waals surface area contributed by atoms with Gasteiger partial charge in [-0.2, -0.15) is 0 Å². The van der Waals surface area contributed by atoms with Gasteiger partial charge in [0.05, 0.1) is 19.1 Å². The molecule has 2 amide bonds. The van der Waals surface area contributed by atoms with Gasteiger partial charge in [0.1, 0.15) is 0 Å². The molecule has 4 aliphatic heterocycles. The molecule has 0 saturated carbocycles. The summed E-state index contributed by atoms with van der Waals surface area (Å²) in [5.41, 5.74) is 6.23. The van der Waals surface area contributed by atoms with Crippen LogP contribution in [0.1, 0.15) is 61.5 Å². The highest BCUT2D eigenvalue weighted by Crippen LogP contribution is 2.34. The third-order valence-corrected chi connectivity index (χ3v) is 10.9. The largest absolute Gasteiger partial charge is 0.381 e. The maximum absolute atomic E-state index is 13.9. The lowest BCUT2D eigenvalue weighted by Gasteiger charge is -2.42. The molecular weight excluding hydrogens is 590 g/mol. The highest BCUT2D eigenvalue weighted by molar-refractivity contribution is 5.99. The first-order valence-electron chi connectivity index (χ1n) is 18.0. The van der Waals surface area contributed by atoms with Crippen molar-refractivity contribution in [1.82, 2.24) is 20.4 Å². The zero-order chi connectivity index (χ0) is 32.9. The molecule has 3 atom stereocenters. The van der Waals surface area contributed by atoms with Gasteiger partial charge in [0.25, 0.3) is 5.91 Å². The van der Waals surface area contributed by atoms with E-state index in [0.29, 0.717) is 18.2 Å². The van der Waals surface area contributed by atoms with Gasteiger partial charge in [-0.15, -0.1) is 0 Å². The number of benzene rings is 2. The number of anilines is 1. The average Bonchev–Trinajstić information content (AvgIpc) is 3.05. The summed E-state index contributed by atoms with van der Waals surface area (Å²) in [5.74, 6) is 0.663. The van der Waals surface area contributed by atoms with Crippen molar-refractivity contribution in [3.05, 3.63) is 53.1 Å². The molecule has 0 aromatic heterocycles. The van der Waals surface area contributed by atoms with E-state index in [2.05, 4.69) is 76.4 Å². The second kappa shape index (κ2) is 15.5. The quantitative estimate of drug-likeness (QED) is 0.377. The van der Waals surface area contributed by atoms with Gasteiger partial charge in [-0.25, -0.2) is 0 Å². The smallest absolute Gasteiger partial charge is 0.251 e. The van der Waals surface area contributed by atoms with Crippen LogP contribution in [0.5, 0.6) is 0 Å². The first-order valence-corrected chi connectivity index (χ1v) is 18.0. The molecular formula is C38H55N5O4. The van der Waals surface area contributed by atoms with Crippen molar-refractivity contribution in [2.75, 3.05) is 77.1 Å². The number of nitrogens with zero attached hydrogens (tertiary/aromatic N) is 3. The molecule has 9 nitrogen and oxygen atoms in total. The lowest BCUT2D eigenvalue weighted by molar-refractivity contribution is -0.129. The third kappa shape index (κ3) is 8.19. The topological polar surface area (TPSA) is 86.4 Å². The summed E-state index contributed by atoms with van der Waals surface area (Å²) in [6, 6.07) is 13.7. The van der Waals surface area contributed by atoms with E-state index in [4.69, 9.17) is 9.47 Å². The van der Waals surface area contributed by atoms with Gasteiger partial charge in [0.2, 0.25) is 5.91 Å². The SMILES string of the molecule is CCN(c1cc(-c2ccc(CN3CC(CN4CCOCC4)C3)cc2)cc(C(=O)NCC2C(=O)NC(C)CC2C)c1C)C1CCOCC1. The van der Waals surface area contributed by atoms with Gasteiger partial charge in [-0.1, -0.05) is 31.2 Å². The Hall–Kier alpha value is -2.98. The van der Waals surface area contributed by atoms with Crippen LogP contribution in [0.4, 0.5) is 5.69 Å². The van der Waals surface area contributed by atoms with Crippen LogP contribution in [0.2, 0.25) is 0 Å². The number of likely N-dealkylation sites (tertiary alicyclic amines) is 1. The minimum Gasteiger partial charge on any atom is -0.381 e. The Kier molecular flexibility index (Phi) is 11.2. The lowest BCUT2D eigenvalue weighted by atomic mass is 9.84. The molecule has 2 N–H and O–H groups in total. The van der Waals surface area contributed by atoms with Gasteiger partial charge >= 0.3 is 0 Å². The Labute approximate surface area is 281 Å². The predicted molar refractivity (Wildman–Crippen MR) is 187 cm³/mol.